The highest BCUT2D eigenvalue weighted by Gasteiger charge is 2.32. The normalized spacial score (nSPS) is 18.4. The van der Waals surface area contributed by atoms with Crippen LogP contribution in [0.5, 0.6) is 5.88 Å². The van der Waals surface area contributed by atoms with Crippen LogP contribution < -0.4 is 14.8 Å². The molecule has 1 aliphatic rings. The fourth-order valence-electron chi connectivity index (χ4n) is 3.52. The fourth-order valence-corrected chi connectivity index (χ4v) is 4.21. The van der Waals surface area contributed by atoms with Crippen molar-refractivity contribution < 1.29 is 17.9 Å². The molecule has 2 N–H and O–H groups in total. The van der Waals surface area contributed by atoms with E-state index in [-0.39, 0.29) is 19.7 Å². The van der Waals surface area contributed by atoms with E-state index in [1.54, 1.807) is 19.3 Å². The van der Waals surface area contributed by atoms with Crippen molar-refractivity contribution in [2.24, 2.45) is 5.14 Å². The minimum atomic E-state index is -3.80. The van der Waals surface area contributed by atoms with Gasteiger partial charge in [-0.2, -0.15) is 12.7 Å². The number of fused-ring (bicyclic) bond motifs is 1. The van der Waals surface area contributed by atoms with Crippen LogP contribution in [0.1, 0.15) is 6.92 Å². The minimum Gasteiger partial charge on any atom is -0.470 e. The monoisotopic (exact) mass is 458 g/mol. The number of morpholine rings is 1. The van der Waals surface area contributed by atoms with Gasteiger partial charge in [-0.15, -0.1) is 0 Å². The van der Waals surface area contributed by atoms with Crippen molar-refractivity contribution in [3.8, 4) is 17.1 Å². The number of ether oxygens (including phenoxy) is 2. The zero-order valence-corrected chi connectivity index (χ0v) is 19.0. The van der Waals surface area contributed by atoms with Crippen molar-refractivity contribution in [2.75, 3.05) is 38.7 Å². The summed E-state index contributed by atoms with van der Waals surface area (Å²) in [4.78, 5) is 15.5. The van der Waals surface area contributed by atoms with Crippen LogP contribution in [0.15, 0.2) is 42.7 Å². The Morgan fingerprint density at radius 2 is 1.94 bits per heavy atom. The molecule has 0 spiro atoms. The van der Waals surface area contributed by atoms with E-state index in [1.165, 1.54) is 4.31 Å². The van der Waals surface area contributed by atoms with E-state index in [0.717, 1.165) is 11.3 Å². The van der Waals surface area contributed by atoms with Gasteiger partial charge in [-0.3, -0.25) is 4.98 Å². The van der Waals surface area contributed by atoms with E-state index in [9.17, 15) is 8.42 Å². The van der Waals surface area contributed by atoms with Crippen LogP contribution in [-0.4, -0.2) is 73.7 Å². The van der Waals surface area contributed by atoms with E-state index in [2.05, 4.69) is 9.97 Å². The Labute approximate surface area is 187 Å². The Morgan fingerprint density at radius 3 is 2.62 bits per heavy atom. The SMILES string of the molecule is CC(Oc1nc(-c2ccc(N(C)C)cc2)cc2nccnc12)[C@H]1CN(S(N)(=O)=O)CCO1. The lowest BCUT2D eigenvalue weighted by Gasteiger charge is -2.33. The standard InChI is InChI=1S/C21H26N6O4S/c1-14(19-13-27(10-11-30-19)32(22,28)29)31-21-20-18(23-8-9-24-20)12-17(25-21)15-4-6-16(7-5-15)26(2)3/h4-9,12,14,19H,10-11,13H2,1-3H3,(H2,22,28,29)/t14?,19-/m1/s1. The Morgan fingerprint density at radius 1 is 1.22 bits per heavy atom. The van der Waals surface area contributed by atoms with Crippen LogP contribution in [0.3, 0.4) is 0 Å². The molecule has 1 unspecified atom stereocenters. The average molecular weight is 459 g/mol. The summed E-state index contributed by atoms with van der Waals surface area (Å²) < 4.78 is 36.5. The van der Waals surface area contributed by atoms with Crippen LogP contribution in [0, 0.1) is 0 Å². The Kier molecular flexibility index (Phi) is 6.24. The highest BCUT2D eigenvalue weighted by molar-refractivity contribution is 7.86. The molecule has 2 aromatic heterocycles. The van der Waals surface area contributed by atoms with Gasteiger partial charge in [-0.1, -0.05) is 12.1 Å². The molecule has 170 valence electrons. The van der Waals surface area contributed by atoms with E-state index < -0.39 is 22.4 Å². The molecule has 0 bridgehead atoms. The van der Waals surface area contributed by atoms with Crippen LogP contribution in [-0.2, 0) is 14.9 Å². The van der Waals surface area contributed by atoms with Crippen LogP contribution in [0.2, 0.25) is 0 Å². The topological polar surface area (TPSA) is 124 Å². The number of aromatic nitrogens is 3. The van der Waals surface area contributed by atoms with Crippen molar-refractivity contribution in [3.05, 3.63) is 42.7 Å². The van der Waals surface area contributed by atoms with Gasteiger partial charge in [0, 0.05) is 50.8 Å². The molecule has 1 aromatic carbocycles. The van der Waals surface area contributed by atoms with Crippen molar-refractivity contribution in [1.82, 2.24) is 19.3 Å². The second kappa shape index (κ2) is 8.94. The third kappa shape index (κ3) is 4.80. The predicted molar refractivity (Wildman–Crippen MR) is 122 cm³/mol. The molecule has 1 fully saturated rings. The lowest BCUT2D eigenvalue weighted by Crippen LogP contribution is -2.52. The average Bonchev–Trinajstić information content (AvgIpc) is 2.78. The van der Waals surface area contributed by atoms with Gasteiger partial charge >= 0.3 is 0 Å². The first-order chi connectivity index (χ1) is 15.2. The van der Waals surface area contributed by atoms with Gasteiger partial charge in [0.25, 0.3) is 10.2 Å². The minimum absolute atomic E-state index is 0.106. The summed E-state index contributed by atoms with van der Waals surface area (Å²) >= 11 is 0. The van der Waals surface area contributed by atoms with Crippen molar-refractivity contribution in [2.45, 2.75) is 19.1 Å². The first-order valence-corrected chi connectivity index (χ1v) is 11.7. The second-order valence-corrected chi connectivity index (χ2v) is 9.36. The van der Waals surface area contributed by atoms with Gasteiger partial charge in [-0.05, 0) is 25.1 Å². The third-order valence-electron chi connectivity index (χ3n) is 5.34. The largest absolute Gasteiger partial charge is 0.470 e. The molecular weight excluding hydrogens is 432 g/mol. The van der Waals surface area contributed by atoms with Gasteiger partial charge in [0.1, 0.15) is 12.2 Å². The number of anilines is 1. The van der Waals surface area contributed by atoms with Crippen LogP contribution in [0.25, 0.3) is 22.3 Å². The molecule has 32 heavy (non-hydrogen) atoms. The highest BCUT2D eigenvalue weighted by atomic mass is 32.2. The molecule has 0 saturated carbocycles. The summed E-state index contributed by atoms with van der Waals surface area (Å²) in [5, 5.41) is 5.28. The zero-order valence-electron chi connectivity index (χ0n) is 18.2. The second-order valence-electron chi connectivity index (χ2n) is 7.81. The molecule has 1 aliphatic heterocycles. The summed E-state index contributed by atoms with van der Waals surface area (Å²) in [6.07, 6.45) is 2.19. The number of rotatable bonds is 6. The highest BCUT2D eigenvalue weighted by Crippen LogP contribution is 2.29. The molecule has 0 aliphatic carbocycles. The van der Waals surface area contributed by atoms with E-state index in [4.69, 9.17) is 19.6 Å². The van der Waals surface area contributed by atoms with E-state index >= 15 is 0 Å². The molecule has 0 radical (unpaired) electrons. The van der Waals surface area contributed by atoms with Gasteiger partial charge in [0.15, 0.2) is 5.52 Å². The van der Waals surface area contributed by atoms with Crippen molar-refractivity contribution in [3.63, 3.8) is 0 Å². The Bertz CT molecular complexity index is 1200. The molecule has 3 heterocycles. The number of pyridine rings is 1. The lowest BCUT2D eigenvalue weighted by molar-refractivity contribution is -0.0567. The molecule has 10 nitrogen and oxygen atoms in total. The molecule has 0 amide bonds. The summed E-state index contributed by atoms with van der Waals surface area (Å²) in [5.74, 6) is 0.311. The molecule has 3 aromatic rings. The lowest BCUT2D eigenvalue weighted by atomic mass is 10.1. The van der Waals surface area contributed by atoms with Crippen molar-refractivity contribution >= 4 is 26.9 Å². The maximum Gasteiger partial charge on any atom is 0.277 e. The summed E-state index contributed by atoms with van der Waals surface area (Å²) in [6, 6.07) is 9.87. The molecular formula is C21H26N6O4S. The zero-order chi connectivity index (χ0) is 22.9. The van der Waals surface area contributed by atoms with Crippen molar-refractivity contribution in [1.29, 1.82) is 0 Å². The first-order valence-electron chi connectivity index (χ1n) is 10.2. The first kappa shape index (κ1) is 22.3. The maximum atomic E-state index is 11.7. The van der Waals surface area contributed by atoms with E-state index in [1.807, 2.05) is 49.3 Å². The van der Waals surface area contributed by atoms with Gasteiger partial charge < -0.3 is 14.4 Å². The fraction of sp³-hybridized carbons (Fsp3) is 0.381. The summed E-state index contributed by atoms with van der Waals surface area (Å²) in [5.41, 5.74) is 3.85. The maximum absolute atomic E-state index is 11.7. The Hall–Kier alpha value is -2.86. The van der Waals surface area contributed by atoms with Gasteiger partial charge in [0.2, 0.25) is 5.88 Å². The molecule has 11 heteroatoms. The number of hydrogen-bond acceptors (Lipinski definition) is 8. The van der Waals surface area contributed by atoms with Crippen LogP contribution in [0.4, 0.5) is 5.69 Å². The molecule has 1 saturated heterocycles. The number of hydrogen-bond donors (Lipinski definition) is 1. The van der Waals surface area contributed by atoms with Crippen LogP contribution >= 0.6 is 0 Å². The van der Waals surface area contributed by atoms with Gasteiger partial charge in [-0.25, -0.2) is 15.1 Å². The number of nitrogens with two attached hydrogens (primary N) is 1. The number of nitrogens with zero attached hydrogens (tertiary/aromatic N) is 5. The molecule has 4 rings (SSSR count). The third-order valence-corrected chi connectivity index (χ3v) is 6.39. The van der Waals surface area contributed by atoms with Gasteiger partial charge in [0.05, 0.1) is 17.8 Å². The predicted octanol–water partition coefficient (Wildman–Crippen LogP) is 1.43. The molecule has 2 atom stereocenters. The smallest absolute Gasteiger partial charge is 0.277 e. The quantitative estimate of drug-likeness (QED) is 0.588. The summed E-state index contributed by atoms with van der Waals surface area (Å²) in [6.45, 7) is 2.36. The van der Waals surface area contributed by atoms with E-state index in [0.29, 0.717) is 22.6 Å². The Balaban J connectivity index is 1.64. The number of benzene rings is 1. The summed E-state index contributed by atoms with van der Waals surface area (Å²) in [7, 11) is 0.169.